The molecule has 0 saturated carbocycles. The molecule has 0 fully saturated rings. The van der Waals surface area contributed by atoms with Gasteiger partial charge in [-0.1, -0.05) is 6.07 Å². The van der Waals surface area contributed by atoms with Gasteiger partial charge in [0.15, 0.2) is 5.11 Å². The standard InChI is InChI=1S/C11H13N3OS/c1-15-8-4-2-7-3-5-10(9(7)6-8)13-14-11(12)16/h2,4,6H,3,5H2,1H3,(H3,12,14,16). The molecule has 0 aliphatic heterocycles. The maximum absolute atomic E-state index is 5.34. The third-order valence-corrected chi connectivity index (χ3v) is 2.65. The van der Waals surface area contributed by atoms with Crippen LogP contribution in [-0.4, -0.2) is 17.9 Å². The Morgan fingerprint density at radius 1 is 1.50 bits per heavy atom. The number of nitrogens with zero attached hydrogens (tertiary/aromatic N) is 1. The number of hydrogen-bond acceptors (Lipinski definition) is 3. The van der Waals surface area contributed by atoms with Crippen molar-refractivity contribution in [2.75, 3.05) is 7.11 Å². The van der Waals surface area contributed by atoms with Crippen LogP contribution in [0.25, 0.3) is 0 Å². The number of nitrogens with one attached hydrogen (secondary N) is 1. The van der Waals surface area contributed by atoms with Crippen molar-refractivity contribution in [3.8, 4) is 5.75 Å². The molecule has 0 radical (unpaired) electrons. The van der Waals surface area contributed by atoms with Crippen molar-refractivity contribution in [1.29, 1.82) is 0 Å². The van der Waals surface area contributed by atoms with Gasteiger partial charge in [0.1, 0.15) is 5.75 Å². The van der Waals surface area contributed by atoms with Crippen LogP contribution in [-0.2, 0) is 6.42 Å². The summed E-state index contributed by atoms with van der Waals surface area (Å²) in [4.78, 5) is 0. The predicted octanol–water partition coefficient (Wildman–Crippen LogP) is 1.18. The lowest BCUT2D eigenvalue weighted by Gasteiger charge is -2.04. The Bertz CT molecular complexity index is 457. The maximum Gasteiger partial charge on any atom is 0.184 e. The molecular weight excluding hydrogens is 222 g/mol. The van der Waals surface area contributed by atoms with Gasteiger partial charge in [-0.3, -0.25) is 5.43 Å². The molecule has 0 heterocycles. The molecule has 16 heavy (non-hydrogen) atoms. The van der Waals surface area contributed by atoms with Crippen LogP contribution in [0.1, 0.15) is 17.5 Å². The average molecular weight is 235 g/mol. The summed E-state index contributed by atoms with van der Waals surface area (Å²) in [7, 11) is 1.65. The molecule has 0 spiro atoms. The first kappa shape index (κ1) is 10.9. The van der Waals surface area contributed by atoms with E-state index >= 15 is 0 Å². The highest BCUT2D eigenvalue weighted by molar-refractivity contribution is 7.80. The molecule has 4 nitrogen and oxygen atoms in total. The fraction of sp³-hybridized carbons (Fsp3) is 0.273. The van der Waals surface area contributed by atoms with Gasteiger partial charge in [-0.05, 0) is 42.8 Å². The second-order valence-corrected chi connectivity index (χ2v) is 4.00. The summed E-state index contributed by atoms with van der Waals surface area (Å²) < 4.78 is 5.19. The van der Waals surface area contributed by atoms with Crippen LogP contribution in [0, 0.1) is 0 Å². The summed E-state index contributed by atoms with van der Waals surface area (Å²) in [5.74, 6) is 0.837. The van der Waals surface area contributed by atoms with E-state index in [0.717, 1.165) is 29.9 Å². The van der Waals surface area contributed by atoms with Crippen LogP contribution in [0.4, 0.5) is 0 Å². The van der Waals surface area contributed by atoms with Gasteiger partial charge in [0.25, 0.3) is 0 Å². The SMILES string of the molecule is COc1ccc2c(c1)C(=NNC(N)=S)CC2. The van der Waals surface area contributed by atoms with Crippen molar-refractivity contribution < 1.29 is 4.74 Å². The topological polar surface area (TPSA) is 59.6 Å². The van der Waals surface area contributed by atoms with Gasteiger partial charge in [-0.2, -0.15) is 5.10 Å². The highest BCUT2D eigenvalue weighted by atomic mass is 32.1. The number of rotatable bonds is 2. The molecule has 0 amide bonds. The molecule has 0 bridgehead atoms. The number of benzene rings is 1. The molecule has 84 valence electrons. The lowest BCUT2D eigenvalue weighted by Crippen LogP contribution is -2.25. The minimum Gasteiger partial charge on any atom is -0.497 e. The number of hydrazone groups is 1. The van der Waals surface area contributed by atoms with Crippen LogP contribution in [0.15, 0.2) is 23.3 Å². The molecule has 0 unspecified atom stereocenters. The van der Waals surface area contributed by atoms with Crippen LogP contribution in [0.2, 0.25) is 0 Å². The van der Waals surface area contributed by atoms with Gasteiger partial charge in [-0.25, -0.2) is 0 Å². The van der Waals surface area contributed by atoms with E-state index in [1.165, 1.54) is 5.56 Å². The summed E-state index contributed by atoms with van der Waals surface area (Å²) in [6.45, 7) is 0. The van der Waals surface area contributed by atoms with E-state index in [1.54, 1.807) is 7.11 Å². The summed E-state index contributed by atoms with van der Waals surface area (Å²) in [6, 6.07) is 6.02. The van der Waals surface area contributed by atoms with Gasteiger partial charge in [0.05, 0.1) is 12.8 Å². The number of ether oxygens (including phenoxy) is 1. The molecule has 1 aromatic rings. The highest BCUT2D eigenvalue weighted by Crippen LogP contribution is 2.26. The summed E-state index contributed by atoms with van der Waals surface area (Å²) in [5.41, 5.74) is 11.3. The third-order valence-electron chi connectivity index (χ3n) is 2.56. The molecule has 2 rings (SSSR count). The van der Waals surface area contributed by atoms with Crippen molar-refractivity contribution in [1.82, 2.24) is 5.43 Å². The van der Waals surface area contributed by atoms with Gasteiger partial charge in [0.2, 0.25) is 0 Å². The van der Waals surface area contributed by atoms with E-state index in [0.29, 0.717) is 0 Å². The second kappa shape index (κ2) is 4.49. The fourth-order valence-corrected chi connectivity index (χ4v) is 1.84. The number of fused-ring (bicyclic) bond motifs is 1. The molecule has 3 N–H and O–H groups in total. The summed E-state index contributed by atoms with van der Waals surface area (Å²) >= 11 is 4.71. The van der Waals surface area contributed by atoms with Crippen molar-refractivity contribution in [3.05, 3.63) is 29.3 Å². The van der Waals surface area contributed by atoms with E-state index in [-0.39, 0.29) is 5.11 Å². The number of thiocarbonyl (C=S) groups is 1. The van der Waals surface area contributed by atoms with E-state index in [4.69, 9.17) is 22.7 Å². The average Bonchev–Trinajstić information content (AvgIpc) is 2.68. The zero-order valence-corrected chi connectivity index (χ0v) is 9.80. The molecule has 5 heteroatoms. The van der Waals surface area contributed by atoms with Crippen LogP contribution in [0.5, 0.6) is 5.75 Å². The fourth-order valence-electron chi connectivity index (χ4n) is 1.80. The zero-order chi connectivity index (χ0) is 11.5. The van der Waals surface area contributed by atoms with Gasteiger partial charge in [-0.15, -0.1) is 0 Å². The first-order valence-electron chi connectivity index (χ1n) is 5.00. The van der Waals surface area contributed by atoms with Crippen LogP contribution < -0.4 is 15.9 Å². The van der Waals surface area contributed by atoms with E-state index in [1.807, 2.05) is 12.1 Å². The quantitative estimate of drug-likeness (QED) is 0.597. The Morgan fingerprint density at radius 2 is 2.31 bits per heavy atom. The molecular formula is C11H13N3OS. The second-order valence-electron chi connectivity index (χ2n) is 3.56. The third kappa shape index (κ3) is 2.14. The minimum atomic E-state index is 0.184. The number of methoxy groups -OCH3 is 1. The molecule has 1 aromatic carbocycles. The van der Waals surface area contributed by atoms with Crippen molar-refractivity contribution >= 4 is 23.0 Å². The first-order valence-corrected chi connectivity index (χ1v) is 5.41. The largest absolute Gasteiger partial charge is 0.497 e. The van der Waals surface area contributed by atoms with Crippen molar-refractivity contribution in [3.63, 3.8) is 0 Å². The number of hydrogen-bond donors (Lipinski definition) is 2. The smallest absolute Gasteiger partial charge is 0.184 e. The Balaban J connectivity index is 2.30. The minimum absolute atomic E-state index is 0.184. The summed E-state index contributed by atoms with van der Waals surface area (Å²) in [5, 5.41) is 4.37. The lowest BCUT2D eigenvalue weighted by atomic mass is 10.1. The molecule has 1 aliphatic rings. The molecule has 0 saturated heterocycles. The zero-order valence-electron chi connectivity index (χ0n) is 8.99. The van der Waals surface area contributed by atoms with Crippen LogP contribution >= 0.6 is 12.2 Å². The van der Waals surface area contributed by atoms with E-state index < -0.39 is 0 Å². The number of nitrogens with two attached hydrogens (primary N) is 1. The van der Waals surface area contributed by atoms with Crippen molar-refractivity contribution in [2.24, 2.45) is 10.8 Å². The molecule has 0 aromatic heterocycles. The molecule has 1 aliphatic carbocycles. The Kier molecular flexibility index (Phi) is 3.05. The van der Waals surface area contributed by atoms with Crippen LogP contribution in [0.3, 0.4) is 0 Å². The monoisotopic (exact) mass is 235 g/mol. The first-order chi connectivity index (χ1) is 7.70. The Hall–Kier alpha value is -1.62. The highest BCUT2D eigenvalue weighted by Gasteiger charge is 2.18. The van der Waals surface area contributed by atoms with Crippen molar-refractivity contribution in [2.45, 2.75) is 12.8 Å². The maximum atomic E-state index is 5.34. The normalized spacial score (nSPS) is 15.9. The van der Waals surface area contributed by atoms with E-state index in [2.05, 4.69) is 16.6 Å². The van der Waals surface area contributed by atoms with E-state index in [9.17, 15) is 0 Å². The van der Waals surface area contributed by atoms with Gasteiger partial charge < -0.3 is 10.5 Å². The summed E-state index contributed by atoms with van der Waals surface area (Å²) in [6.07, 6.45) is 1.90. The lowest BCUT2D eigenvalue weighted by molar-refractivity contribution is 0.414. The Labute approximate surface area is 99.5 Å². The van der Waals surface area contributed by atoms with Gasteiger partial charge >= 0.3 is 0 Å². The number of aryl methyl sites for hydroxylation is 1. The van der Waals surface area contributed by atoms with Gasteiger partial charge in [0, 0.05) is 5.56 Å². The Morgan fingerprint density at radius 3 is 3.00 bits per heavy atom. The predicted molar refractivity (Wildman–Crippen MR) is 67.8 cm³/mol. The molecule has 0 atom stereocenters.